The summed E-state index contributed by atoms with van der Waals surface area (Å²) in [5.41, 5.74) is 2.57. The maximum Gasteiger partial charge on any atom is 0.270 e. The third-order valence-corrected chi connectivity index (χ3v) is 8.41. The second-order valence-corrected chi connectivity index (χ2v) is 11.2. The molecular weight excluding hydrogens is 500 g/mol. The van der Waals surface area contributed by atoms with E-state index < -0.39 is 0 Å². The molecule has 3 heterocycles. The average Bonchev–Trinajstić information content (AvgIpc) is 3.16. The lowest BCUT2D eigenvalue weighted by atomic mass is 9.90. The Morgan fingerprint density at radius 3 is 2.54 bits per heavy atom. The topological polar surface area (TPSA) is 69.3 Å². The Hall–Kier alpha value is -3.15. The number of aromatic nitrogens is 1. The summed E-state index contributed by atoms with van der Waals surface area (Å²) in [6, 6.07) is 12.7. The molecule has 2 aliphatic heterocycles. The lowest BCUT2D eigenvalue weighted by Gasteiger charge is -2.36. The van der Waals surface area contributed by atoms with Crippen molar-refractivity contribution in [3.8, 4) is 6.07 Å². The maximum absolute atomic E-state index is 13.4. The summed E-state index contributed by atoms with van der Waals surface area (Å²) in [4.78, 5) is 30.8. The predicted octanol–water partition coefficient (Wildman–Crippen LogP) is 5.28. The first-order valence-corrected chi connectivity index (χ1v) is 13.9. The van der Waals surface area contributed by atoms with Gasteiger partial charge in [-0.3, -0.25) is 19.1 Å². The summed E-state index contributed by atoms with van der Waals surface area (Å²) in [6.45, 7) is 10.0. The summed E-state index contributed by atoms with van der Waals surface area (Å²) in [5, 5.41) is 9.85. The first-order valence-electron chi connectivity index (χ1n) is 12.7. The predicted molar refractivity (Wildman–Crippen MR) is 156 cm³/mol. The summed E-state index contributed by atoms with van der Waals surface area (Å²) in [5.74, 6) is 1.20. The van der Waals surface area contributed by atoms with E-state index >= 15 is 0 Å². The Morgan fingerprint density at radius 1 is 1.22 bits per heavy atom. The highest BCUT2D eigenvalue weighted by Crippen LogP contribution is 2.37. The summed E-state index contributed by atoms with van der Waals surface area (Å²) < 4.78 is 2.22. The molecule has 0 bridgehead atoms. The molecule has 4 rings (SSSR count). The highest BCUT2D eigenvalue weighted by molar-refractivity contribution is 8.26. The monoisotopic (exact) mass is 532 g/mol. The van der Waals surface area contributed by atoms with E-state index in [-0.39, 0.29) is 17.0 Å². The number of nitriles is 1. The van der Waals surface area contributed by atoms with Gasteiger partial charge in [0, 0.05) is 31.7 Å². The second kappa shape index (κ2) is 11.9. The molecule has 1 aromatic heterocycles. The van der Waals surface area contributed by atoms with Gasteiger partial charge in [0.05, 0.1) is 4.91 Å². The Bertz CT molecular complexity index is 1330. The van der Waals surface area contributed by atoms with Crippen LogP contribution >= 0.6 is 24.0 Å². The third kappa shape index (κ3) is 5.58. The largest absolute Gasteiger partial charge is 0.357 e. The normalized spacial score (nSPS) is 17.5. The van der Waals surface area contributed by atoms with Crippen LogP contribution in [0.5, 0.6) is 0 Å². The zero-order valence-corrected chi connectivity index (χ0v) is 23.0. The number of hydrogen-bond donors (Lipinski definition) is 0. The van der Waals surface area contributed by atoms with Crippen LogP contribution in [-0.4, -0.2) is 39.3 Å². The average molecular weight is 533 g/mol. The third-order valence-electron chi connectivity index (χ3n) is 7.04. The lowest BCUT2D eigenvalue weighted by molar-refractivity contribution is -0.121. The van der Waals surface area contributed by atoms with Crippen molar-refractivity contribution in [3.63, 3.8) is 0 Å². The molecule has 6 nitrogen and oxygen atoms in total. The minimum atomic E-state index is -0.264. The van der Waals surface area contributed by atoms with Crippen molar-refractivity contribution in [2.45, 2.75) is 46.1 Å². The fraction of sp³-hybridized carbons (Fsp3) is 0.379. The Balaban J connectivity index is 1.74. The van der Waals surface area contributed by atoms with Crippen LogP contribution in [0.3, 0.4) is 0 Å². The standard InChI is InChI=1S/C29H32N4O2S2/c1-4-13-32-26(31-15-11-22(12-16-31)17-21-9-7-6-8-10-21)23(20(3)24(19-30)27(32)34)18-25-28(35)33(14-5-2)29(36)37-25/h5-10,18,22H,2,4,11-17H2,1,3H3. The van der Waals surface area contributed by atoms with E-state index in [1.165, 1.54) is 22.2 Å². The molecule has 0 aliphatic carbocycles. The highest BCUT2D eigenvalue weighted by Gasteiger charge is 2.33. The van der Waals surface area contributed by atoms with Gasteiger partial charge in [-0.25, -0.2) is 0 Å². The molecule has 8 heteroatoms. The van der Waals surface area contributed by atoms with Gasteiger partial charge in [0.1, 0.15) is 21.8 Å². The Labute approximate surface area is 228 Å². The summed E-state index contributed by atoms with van der Waals surface area (Å²) in [7, 11) is 0. The van der Waals surface area contributed by atoms with E-state index in [4.69, 9.17) is 12.2 Å². The van der Waals surface area contributed by atoms with Gasteiger partial charge in [-0.15, -0.1) is 6.58 Å². The zero-order chi connectivity index (χ0) is 26.5. The van der Waals surface area contributed by atoms with Gasteiger partial charge < -0.3 is 4.90 Å². The van der Waals surface area contributed by atoms with Crippen molar-refractivity contribution in [1.29, 1.82) is 5.26 Å². The number of nitrogens with zero attached hydrogens (tertiary/aromatic N) is 4. The lowest BCUT2D eigenvalue weighted by Crippen LogP contribution is -2.40. The van der Waals surface area contributed by atoms with Crippen molar-refractivity contribution < 1.29 is 4.79 Å². The number of carbonyl (C=O) groups is 1. The van der Waals surface area contributed by atoms with Crippen molar-refractivity contribution >= 4 is 46.1 Å². The van der Waals surface area contributed by atoms with Gasteiger partial charge in [-0.05, 0) is 55.7 Å². The molecule has 2 fully saturated rings. The number of thiocarbonyl (C=S) groups is 1. The SMILES string of the molecule is C=CCN1C(=O)C(=Cc2c(C)c(C#N)c(=O)n(CCC)c2N2CCC(Cc3ccccc3)CC2)SC1=S. The fourth-order valence-corrected chi connectivity index (χ4v) is 6.39. The van der Waals surface area contributed by atoms with Crippen molar-refractivity contribution in [2.24, 2.45) is 5.92 Å². The molecule has 1 aromatic carbocycles. The molecule has 0 unspecified atom stereocenters. The molecule has 0 saturated carbocycles. The van der Waals surface area contributed by atoms with Gasteiger partial charge in [0.15, 0.2) is 0 Å². The zero-order valence-electron chi connectivity index (χ0n) is 21.4. The number of anilines is 1. The smallest absolute Gasteiger partial charge is 0.270 e. The Kier molecular flexibility index (Phi) is 8.67. The van der Waals surface area contributed by atoms with Gasteiger partial charge >= 0.3 is 0 Å². The number of benzene rings is 1. The van der Waals surface area contributed by atoms with Crippen LogP contribution in [0, 0.1) is 24.2 Å². The van der Waals surface area contributed by atoms with E-state index in [0.29, 0.717) is 33.8 Å². The molecular formula is C29H32N4O2S2. The van der Waals surface area contributed by atoms with Crippen LogP contribution in [0.25, 0.3) is 6.08 Å². The summed E-state index contributed by atoms with van der Waals surface area (Å²) in [6.07, 6.45) is 7.30. The molecule has 0 N–H and O–H groups in total. The van der Waals surface area contributed by atoms with E-state index in [1.807, 2.05) is 19.1 Å². The number of thioether (sulfide) groups is 1. The first-order chi connectivity index (χ1) is 17.9. The minimum absolute atomic E-state index is 0.129. The van der Waals surface area contributed by atoms with Crippen LogP contribution in [0.2, 0.25) is 0 Å². The first kappa shape index (κ1) is 26.9. The van der Waals surface area contributed by atoms with E-state index in [0.717, 1.165) is 50.2 Å². The second-order valence-electron chi connectivity index (χ2n) is 9.51. The molecule has 2 aliphatic rings. The van der Waals surface area contributed by atoms with Crippen molar-refractivity contribution in [2.75, 3.05) is 24.5 Å². The molecule has 1 amide bonds. The number of piperidine rings is 1. The number of rotatable bonds is 8. The molecule has 0 atom stereocenters. The number of carbonyl (C=O) groups excluding carboxylic acids is 1. The van der Waals surface area contributed by atoms with Crippen molar-refractivity contribution in [1.82, 2.24) is 9.47 Å². The van der Waals surface area contributed by atoms with Crippen LogP contribution in [0.4, 0.5) is 5.82 Å². The van der Waals surface area contributed by atoms with E-state index in [1.54, 1.807) is 17.6 Å². The van der Waals surface area contributed by atoms with Crippen LogP contribution in [-0.2, 0) is 17.8 Å². The van der Waals surface area contributed by atoms with Crippen molar-refractivity contribution in [3.05, 3.63) is 80.5 Å². The van der Waals surface area contributed by atoms with Gasteiger partial charge in [-0.2, -0.15) is 5.26 Å². The van der Waals surface area contributed by atoms with Gasteiger partial charge in [-0.1, -0.05) is 67.3 Å². The molecule has 0 radical (unpaired) electrons. The quantitative estimate of drug-likeness (QED) is 0.262. The molecule has 2 aromatic rings. The molecule has 2 saturated heterocycles. The number of amides is 1. The molecule has 192 valence electrons. The molecule has 37 heavy (non-hydrogen) atoms. The van der Waals surface area contributed by atoms with E-state index in [9.17, 15) is 14.9 Å². The highest BCUT2D eigenvalue weighted by atomic mass is 32.2. The minimum Gasteiger partial charge on any atom is -0.357 e. The van der Waals surface area contributed by atoms with Crippen LogP contribution in [0.1, 0.15) is 48.4 Å². The van der Waals surface area contributed by atoms with Crippen LogP contribution < -0.4 is 10.5 Å². The fourth-order valence-electron chi connectivity index (χ4n) is 5.13. The van der Waals surface area contributed by atoms with Gasteiger partial charge in [0.2, 0.25) is 0 Å². The van der Waals surface area contributed by atoms with Gasteiger partial charge in [0.25, 0.3) is 11.5 Å². The maximum atomic E-state index is 13.4. The Morgan fingerprint density at radius 2 is 1.92 bits per heavy atom. The van der Waals surface area contributed by atoms with Crippen LogP contribution in [0.15, 0.2) is 52.7 Å². The summed E-state index contributed by atoms with van der Waals surface area (Å²) >= 11 is 6.68. The molecule has 0 spiro atoms. The number of hydrogen-bond acceptors (Lipinski definition) is 6. The number of pyridine rings is 1. The van der Waals surface area contributed by atoms with E-state index in [2.05, 4.69) is 41.8 Å².